The summed E-state index contributed by atoms with van der Waals surface area (Å²) in [5.74, 6) is -0.362. The Morgan fingerprint density at radius 3 is 2.73 bits per heavy atom. The molecule has 9 heteroatoms. The fourth-order valence-corrected chi connectivity index (χ4v) is 5.08. The Labute approximate surface area is 193 Å². The number of H-pyrrole nitrogens is 1. The topological polar surface area (TPSA) is 91.0 Å². The predicted octanol–water partition coefficient (Wildman–Crippen LogP) is 3.86. The van der Waals surface area contributed by atoms with Gasteiger partial charge in [-0.3, -0.25) is 9.59 Å². The number of carbonyl (C=O) groups excluding carboxylic acids is 1. The van der Waals surface area contributed by atoms with Gasteiger partial charge in [-0.05, 0) is 37.0 Å². The van der Waals surface area contributed by atoms with Gasteiger partial charge in [0, 0.05) is 13.1 Å². The van der Waals surface area contributed by atoms with Crippen molar-refractivity contribution in [3.05, 3.63) is 76.3 Å². The number of carbonyl (C=O) groups is 1. The molecule has 0 spiro atoms. The number of piperidine rings is 1. The first-order valence-corrected chi connectivity index (χ1v) is 11.7. The second kappa shape index (κ2) is 9.11. The third-order valence-corrected chi connectivity index (χ3v) is 6.73. The van der Waals surface area contributed by atoms with Crippen LogP contribution in [0.1, 0.15) is 24.8 Å². The Balaban J connectivity index is 1.43. The maximum Gasteiger partial charge on any atom is 0.278 e. The maximum absolute atomic E-state index is 14.2. The van der Waals surface area contributed by atoms with Crippen LogP contribution in [0.4, 0.5) is 9.52 Å². The molecule has 7 nitrogen and oxygen atoms in total. The van der Waals surface area contributed by atoms with Crippen LogP contribution in [-0.4, -0.2) is 33.4 Å². The van der Waals surface area contributed by atoms with Gasteiger partial charge in [-0.25, -0.2) is 14.4 Å². The number of thiazole rings is 1. The van der Waals surface area contributed by atoms with Gasteiger partial charge in [0.25, 0.3) is 5.56 Å². The number of nitrogens with one attached hydrogen (secondary N) is 2. The first kappa shape index (κ1) is 21.3. The van der Waals surface area contributed by atoms with E-state index in [9.17, 15) is 14.0 Å². The molecule has 5 rings (SSSR count). The highest BCUT2D eigenvalue weighted by Gasteiger charge is 2.31. The van der Waals surface area contributed by atoms with Crippen LogP contribution in [0.15, 0.2) is 59.4 Å². The van der Waals surface area contributed by atoms with Crippen LogP contribution in [0.5, 0.6) is 0 Å². The van der Waals surface area contributed by atoms with Gasteiger partial charge >= 0.3 is 0 Å². The van der Waals surface area contributed by atoms with Crippen LogP contribution in [0.2, 0.25) is 0 Å². The number of anilines is 1. The summed E-state index contributed by atoms with van der Waals surface area (Å²) in [7, 11) is 0. The lowest BCUT2D eigenvalue weighted by atomic mass is 10.0. The molecule has 2 aromatic heterocycles. The number of rotatable bonds is 5. The lowest BCUT2D eigenvalue weighted by Crippen LogP contribution is -2.49. The van der Waals surface area contributed by atoms with Crippen molar-refractivity contribution in [3.63, 3.8) is 0 Å². The summed E-state index contributed by atoms with van der Waals surface area (Å²) in [6, 6.07) is 15.6. The highest BCUT2D eigenvalue weighted by atomic mass is 32.1. The number of halogens is 1. The van der Waals surface area contributed by atoms with E-state index in [0.29, 0.717) is 29.5 Å². The summed E-state index contributed by atoms with van der Waals surface area (Å²) < 4.78 is 14.2. The van der Waals surface area contributed by atoms with Crippen molar-refractivity contribution in [2.45, 2.75) is 31.8 Å². The molecule has 168 valence electrons. The quantitative estimate of drug-likeness (QED) is 0.469. The molecular weight excluding hydrogens is 441 g/mol. The minimum atomic E-state index is -0.462. The molecule has 1 saturated heterocycles. The molecule has 2 aromatic carbocycles. The monoisotopic (exact) mass is 463 g/mol. The van der Waals surface area contributed by atoms with Crippen molar-refractivity contribution < 1.29 is 9.18 Å². The van der Waals surface area contributed by atoms with E-state index in [4.69, 9.17) is 0 Å². The zero-order valence-corrected chi connectivity index (χ0v) is 18.6. The van der Waals surface area contributed by atoms with Gasteiger partial charge in [-0.15, -0.1) is 0 Å². The van der Waals surface area contributed by atoms with Crippen LogP contribution >= 0.6 is 11.3 Å². The fourth-order valence-electron chi connectivity index (χ4n) is 4.06. The van der Waals surface area contributed by atoms with Crippen molar-refractivity contribution in [3.8, 4) is 11.4 Å². The first-order chi connectivity index (χ1) is 16.1. The van der Waals surface area contributed by atoms with Crippen LogP contribution in [0, 0.1) is 5.82 Å². The average Bonchev–Trinajstić information content (AvgIpc) is 3.28. The highest BCUT2D eigenvalue weighted by molar-refractivity contribution is 7.21. The molecule has 1 aliphatic heterocycles. The predicted molar refractivity (Wildman–Crippen MR) is 127 cm³/mol. The molecule has 3 heterocycles. The molecule has 0 radical (unpaired) electrons. The molecule has 1 fully saturated rings. The number of hydrogen-bond acceptors (Lipinski definition) is 6. The molecule has 33 heavy (non-hydrogen) atoms. The zero-order valence-electron chi connectivity index (χ0n) is 17.8. The van der Waals surface area contributed by atoms with Crippen LogP contribution < -0.4 is 15.8 Å². The summed E-state index contributed by atoms with van der Waals surface area (Å²) >= 11 is 1.25. The van der Waals surface area contributed by atoms with Crippen molar-refractivity contribution in [2.24, 2.45) is 0 Å². The summed E-state index contributed by atoms with van der Waals surface area (Å²) in [6.07, 6.45) is 2.59. The van der Waals surface area contributed by atoms with Crippen LogP contribution in [0.25, 0.3) is 21.7 Å². The molecule has 0 saturated carbocycles. The van der Waals surface area contributed by atoms with Gasteiger partial charge in [-0.1, -0.05) is 53.8 Å². The normalized spacial score (nSPS) is 16.2. The molecule has 1 atom stereocenters. The maximum atomic E-state index is 14.2. The minimum Gasteiger partial charge on any atom is -0.350 e. The van der Waals surface area contributed by atoms with E-state index in [0.717, 1.165) is 18.4 Å². The highest BCUT2D eigenvalue weighted by Crippen LogP contribution is 2.32. The third-order valence-electron chi connectivity index (χ3n) is 5.75. The third kappa shape index (κ3) is 4.36. The standard InChI is InChI=1S/C24H22FN5O2S/c25-17-11-5-4-10-16(17)20-28-22(32)19-23(29-20)33-24(27-19)30-13-7-6-12-18(30)21(31)26-14-15-8-2-1-3-9-15/h1-5,8-11,18H,6-7,12-14H2,(H,26,31)(H,28,29,32). The lowest BCUT2D eigenvalue weighted by Gasteiger charge is -2.34. The number of aromatic amines is 1. The van der Waals surface area contributed by atoms with E-state index in [1.165, 1.54) is 17.4 Å². The number of amides is 1. The van der Waals surface area contributed by atoms with E-state index < -0.39 is 11.4 Å². The smallest absolute Gasteiger partial charge is 0.278 e. The molecule has 4 aromatic rings. The van der Waals surface area contributed by atoms with Crippen molar-refractivity contribution >= 4 is 32.7 Å². The number of hydrogen-bond donors (Lipinski definition) is 2. The Bertz CT molecular complexity index is 1350. The Morgan fingerprint density at radius 2 is 1.91 bits per heavy atom. The lowest BCUT2D eigenvalue weighted by molar-refractivity contribution is -0.123. The van der Waals surface area contributed by atoms with Gasteiger partial charge in [-0.2, -0.15) is 0 Å². The molecular formula is C24H22FN5O2S. The number of benzene rings is 2. The zero-order chi connectivity index (χ0) is 22.8. The Hall–Kier alpha value is -3.59. The van der Waals surface area contributed by atoms with E-state index >= 15 is 0 Å². The Morgan fingerprint density at radius 1 is 1.12 bits per heavy atom. The van der Waals surface area contributed by atoms with Gasteiger partial charge in [0.1, 0.15) is 17.7 Å². The van der Waals surface area contributed by atoms with Gasteiger partial charge in [0.2, 0.25) is 5.91 Å². The molecule has 1 amide bonds. The van der Waals surface area contributed by atoms with Crippen LogP contribution in [0.3, 0.4) is 0 Å². The van der Waals surface area contributed by atoms with Gasteiger partial charge < -0.3 is 15.2 Å². The summed E-state index contributed by atoms with van der Waals surface area (Å²) in [5.41, 5.74) is 1.03. The summed E-state index contributed by atoms with van der Waals surface area (Å²) in [5, 5.41) is 3.60. The van der Waals surface area contributed by atoms with Crippen molar-refractivity contribution in [1.82, 2.24) is 20.3 Å². The number of fused-ring (bicyclic) bond motifs is 1. The molecule has 2 N–H and O–H groups in total. The van der Waals surface area contributed by atoms with E-state index in [1.54, 1.807) is 18.2 Å². The second-order valence-electron chi connectivity index (χ2n) is 7.95. The molecule has 0 bridgehead atoms. The van der Waals surface area contributed by atoms with Gasteiger partial charge in [0.15, 0.2) is 15.5 Å². The molecule has 1 aliphatic rings. The number of nitrogens with zero attached hydrogens (tertiary/aromatic N) is 3. The SMILES string of the molecule is O=C(NCc1ccccc1)C1CCCCN1c1nc2c(=O)[nH]c(-c3ccccc3F)nc2s1. The van der Waals surface area contributed by atoms with Crippen molar-refractivity contribution in [2.75, 3.05) is 11.4 Å². The molecule has 0 aliphatic carbocycles. The van der Waals surface area contributed by atoms with E-state index in [1.807, 2.05) is 35.2 Å². The molecule has 1 unspecified atom stereocenters. The Kier molecular flexibility index (Phi) is 5.87. The first-order valence-electron chi connectivity index (χ1n) is 10.8. The average molecular weight is 464 g/mol. The van der Waals surface area contributed by atoms with Crippen molar-refractivity contribution in [1.29, 1.82) is 0 Å². The van der Waals surface area contributed by atoms with Gasteiger partial charge in [0.05, 0.1) is 5.56 Å². The minimum absolute atomic E-state index is 0.0632. The number of aromatic nitrogens is 3. The largest absolute Gasteiger partial charge is 0.350 e. The summed E-state index contributed by atoms with van der Waals surface area (Å²) in [6.45, 7) is 1.12. The van der Waals surface area contributed by atoms with E-state index in [2.05, 4.69) is 20.3 Å². The van der Waals surface area contributed by atoms with Crippen LogP contribution in [-0.2, 0) is 11.3 Å². The summed E-state index contributed by atoms with van der Waals surface area (Å²) in [4.78, 5) is 39.7. The second-order valence-corrected chi connectivity index (χ2v) is 8.91. The fraction of sp³-hybridized carbons (Fsp3) is 0.250. The van der Waals surface area contributed by atoms with E-state index in [-0.39, 0.29) is 28.9 Å².